The summed E-state index contributed by atoms with van der Waals surface area (Å²) in [6.45, 7) is 4.96. The molecule has 2 aliphatic rings. The van der Waals surface area contributed by atoms with Gasteiger partial charge in [0.05, 0.1) is 0 Å². The van der Waals surface area contributed by atoms with Crippen LogP contribution in [0.15, 0.2) is 23.0 Å². The van der Waals surface area contributed by atoms with Crippen LogP contribution >= 0.6 is 0 Å². The maximum absolute atomic E-state index is 11.9. The maximum Gasteiger partial charge on any atom is 0.250 e. The van der Waals surface area contributed by atoms with Gasteiger partial charge in [-0.25, -0.2) is 0 Å². The van der Waals surface area contributed by atoms with E-state index in [1.165, 1.54) is 12.1 Å². The summed E-state index contributed by atoms with van der Waals surface area (Å²) < 4.78 is 1.99. The van der Waals surface area contributed by atoms with E-state index in [0.717, 1.165) is 39.1 Å². The second-order valence-electron chi connectivity index (χ2n) is 5.60. The maximum atomic E-state index is 11.9. The summed E-state index contributed by atoms with van der Waals surface area (Å²) in [4.78, 5) is 14.4. The largest absolute Gasteiger partial charge is 0.330 e. The van der Waals surface area contributed by atoms with Gasteiger partial charge in [0.1, 0.15) is 0 Å². The highest BCUT2D eigenvalue weighted by Gasteiger charge is 2.33. The summed E-state index contributed by atoms with van der Waals surface area (Å²) in [6.07, 6.45) is 2.31. The number of likely N-dealkylation sites (tertiary alicyclic amines) is 1. The second kappa shape index (κ2) is 4.86. The van der Waals surface area contributed by atoms with Gasteiger partial charge in [0.2, 0.25) is 0 Å². The summed E-state index contributed by atoms with van der Waals surface area (Å²) in [5.41, 5.74) is 6.98. The molecule has 1 fully saturated rings. The minimum Gasteiger partial charge on any atom is -0.330 e. The Kier molecular flexibility index (Phi) is 3.22. The minimum atomic E-state index is 0.164. The lowest BCUT2D eigenvalue weighted by Crippen LogP contribution is -2.47. The molecule has 1 saturated heterocycles. The lowest BCUT2D eigenvalue weighted by molar-refractivity contribution is 0.120. The van der Waals surface area contributed by atoms with Gasteiger partial charge in [-0.3, -0.25) is 4.79 Å². The van der Waals surface area contributed by atoms with Crippen LogP contribution in [0.2, 0.25) is 0 Å². The molecule has 1 aromatic rings. The zero-order valence-corrected chi connectivity index (χ0v) is 10.7. The van der Waals surface area contributed by atoms with Crippen molar-refractivity contribution in [3.05, 3.63) is 34.2 Å². The Balaban J connectivity index is 1.83. The van der Waals surface area contributed by atoms with E-state index in [1.54, 1.807) is 6.07 Å². The molecule has 2 aliphatic heterocycles. The van der Waals surface area contributed by atoms with Crippen LogP contribution in [-0.2, 0) is 6.54 Å². The summed E-state index contributed by atoms with van der Waals surface area (Å²) in [6, 6.07) is 5.69. The fraction of sp³-hybridized carbons (Fsp3) is 0.643. The molecular formula is C14H21N3O. The number of hydrogen-bond acceptors (Lipinski definition) is 3. The number of hydrogen-bond donors (Lipinski definition) is 1. The zero-order chi connectivity index (χ0) is 12.5. The van der Waals surface area contributed by atoms with Gasteiger partial charge in [-0.1, -0.05) is 6.07 Å². The van der Waals surface area contributed by atoms with Gasteiger partial charge in [0.15, 0.2) is 0 Å². The topological polar surface area (TPSA) is 51.3 Å². The molecule has 0 aromatic carbocycles. The third-order valence-electron chi connectivity index (χ3n) is 4.23. The van der Waals surface area contributed by atoms with Crippen LogP contribution in [0.3, 0.4) is 0 Å². The Morgan fingerprint density at radius 1 is 1.28 bits per heavy atom. The van der Waals surface area contributed by atoms with E-state index in [4.69, 9.17) is 5.73 Å². The van der Waals surface area contributed by atoms with Gasteiger partial charge in [-0.2, -0.15) is 0 Å². The molecule has 0 radical (unpaired) electrons. The number of aromatic nitrogens is 1. The number of pyridine rings is 1. The lowest BCUT2D eigenvalue weighted by atomic mass is 9.83. The van der Waals surface area contributed by atoms with Gasteiger partial charge < -0.3 is 15.2 Å². The molecule has 18 heavy (non-hydrogen) atoms. The SMILES string of the molecule is NCCCN1CC2CC(C1)c1cccc(=O)n1C2. The quantitative estimate of drug-likeness (QED) is 0.851. The van der Waals surface area contributed by atoms with E-state index in [-0.39, 0.29) is 5.56 Å². The van der Waals surface area contributed by atoms with Crippen molar-refractivity contribution in [3.8, 4) is 0 Å². The molecule has 2 N–H and O–H groups in total. The number of nitrogens with zero attached hydrogens (tertiary/aromatic N) is 2. The first kappa shape index (κ1) is 11.9. The van der Waals surface area contributed by atoms with Crippen LogP contribution < -0.4 is 11.3 Å². The first-order chi connectivity index (χ1) is 8.78. The molecule has 0 spiro atoms. The molecule has 4 nitrogen and oxygen atoms in total. The molecule has 98 valence electrons. The van der Waals surface area contributed by atoms with Crippen molar-refractivity contribution in [3.63, 3.8) is 0 Å². The van der Waals surface area contributed by atoms with E-state index in [0.29, 0.717) is 11.8 Å². The third kappa shape index (κ3) is 2.10. The van der Waals surface area contributed by atoms with Crippen LogP contribution in [0.5, 0.6) is 0 Å². The first-order valence-electron chi connectivity index (χ1n) is 6.90. The van der Waals surface area contributed by atoms with E-state index < -0.39 is 0 Å². The van der Waals surface area contributed by atoms with Crippen molar-refractivity contribution in [2.45, 2.75) is 25.3 Å². The average Bonchev–Trinajstić information content (AvgIpc) is 2.38. The first-order valence-corrected chi connectivity index (χ1v) is 6.90. The normalized spacial score (nSPS) is 26.9. The van der Waals surface area contributed by atoms with Gasteiger partial charge >= 0.3 is 0 Å². The summed E-state index contributed by atoms with van der Waals surface area (Å²) in [5, 5.41) is 0. The highest BCUT2D eigenvalue weighted by molar-refractivity contribution is 5.16. The Bertz CT molecular complexity index is 482. The Hall–Kier alpha value is -1.13. The number of nitrogens with two attached hydrogens (primary N) is 1. The van der Waals surface area contributed by atoms with Crippen molar-refractivity contribution in [1.82, 2.24) is 9.47 Å². The zero-order valence-electron chi connectivity index (χ0n) is 10.7. The predicted molar refractivity (Wildman–Crippen MR) is 71.7 cm³/mol. The van der Waals surface area contributed by atoms with Gasteiger partial charge in [0, 0.05) is 37.3 Å². The van der Waals surface area contributed by atoms with Crippen LogP contribution in [0.4, 0.5) is 0 Å². The molecule has 4 heteroatoms. The van der Waals surface area contributed by atoms with Gasteiger partial charge in [-0.05, 0) is 37.9 Å². The molecule has 1 aromatic heterocycles. The highest BCUT2D eigenvalue weighted by atomic mass is 16.1. The fourth-order valence-corrected chi connectivity index (χ4v) is 3.49. The van der Waals surface area contributed by atoms with Crippen molar-refractivity contribution in [1.29, 1.82) is 0 Å². The fourth-order valence-electron chi connectivity index (χ4n) is 3.49. The van der Waals surface area contributed by atoms with Crippen molar-refractivity contribution >= 4 is 0 Å². The Labute approximate surface area is 107 Å². The van der Waals surface area contributed by atoms with Crippen LogP contribution in [-0.4, -0.2) is 35.6 Å². The van der Waals surface area contributed by atoms with Crippen LogP contribution in [0.25, 0.3) is 0 Å². The highest BCUT2D eigenvalue weighted by Crippen LogP contribution is 2.34. The predicted octanol–water partition coefficient (Wildman–Crippen LogP) is 0.616. The van der Waals surface area contributed by atoms with Crippen molar-refractivity contribution < 1.29 is 0 Å². The average molecular weight is 247 g/mol. The van der Waals surface area contributed by atoms with Gasteiger partial charge in [-0.15, -0.1) is 0 Å². The van der Waals surface area contributed by atoms with Gasteiger partial charge in [0.25, 0.3) is 5.56 Å². The Morgan fingerprint density at radius 2 is 2.17 bits per heavy atom. The molecule has 0 aliphatic carbocycles. The molecule has 0 saturated carbocycles. The van der Waals surface area contributed by atoms with Crippen LogP contribution in [0.1, 0.15) is 24.5 Å². The standard InChI is InChI=1S/C14H21N3O/c15-5-2-6-16-8-11-7-12(10-16)13-3-1-4-14(18)17(13)9-11/h1,3-4,11-12H,2,5-10,15H2. The summed E-state index contributed by atoms with van der Waals surface area (Å²) in [7, 11) is 0. The lowest BCUT2D eigenvalue weighted by Gasteiger charge is -2.42. The molecule has 2 unspecified atom stereocenters. The minimum absolute atomic E-state index is 0.164. The monoisotopic (exact) mass is 247 g/mol. The Morgan fingerprint density at radius 3 is 3.00 bits per heavy atom. The smallest absolute Gasteiger partial charge is 0.250 e. The molecular weight excluding hydrogens is 226 g/mol. The molecule has 0 amide bonds. The number of piperidine rings is 1. The number of rotatable bonds is 3. The molecule has 3 rings (SSSR count). The van der Waals surface area contributed by atoms with E-state index in [2.05, 4.69) is 11.0 Å². The van der Waals surface area contributed by atoms with E-state index >= 15 is 0 Å². The third-order valence-corrected chi connectivity index (χ3v) is 4.23. The van der Waals surface area contributed by atoms with E-state index in [9.17, 15) is 4.79 Å². The summed E-state index contributed by atoms with van der Waals surface area (Å²) >= 11 is 0. The number of fused-ring (bicyclic) bond motifs is 4. The summed E-state index contributed by atoms with van der Waals surface area (Å²) in [5.74, 6) is 1.17. The van der Waals surface area contributed by atoms with E-state index in [1.807, 2.05) is 10.6 Å². The molecule has 2 bridgehead atoms. The van der Waals surface area contributed by atoms with Crippen LogP contribution in [0, 0.1) is 5.92 Å². The molecule has 2 atom stereocenters. The van der Waals surface area contributed by atoms with Crippen molar-refractivity contribution in [2.24, 2.45) is 11.7 Å². The van der Waals surface area contributed by atoms with Crippen molar-refractivity contribution in [2.75, 3.05) is 26.2 Å². The second-order valence-corrected chi connectivity index (χ2v) is 5.60. The molecule has 3 heterocycles.